The van der Waals surface area contributed by atoms with Gasteiger partial charge < -0.3 is 9.47 Å². The molecule has 2 amide bonds. The summed E-state index contributed by atoms with van der Waals surface area (Å²) in [4.78, 5) is 38.7. The van der Waals surface area contributed by atoms with E-state index in [9.17, 15) is 14.4 Å². The largest absolute Gasteiger partial charge is 0.492 e. The van der Waals surface area contributed by atoms with Crippen molar-refractivity contribution in [2.75, 3.05) is 20.3 Å². The minimum absolute atomic E-state index is 0.225. The third-order valence-corrected chi connectivity index (χ3v) is 5.92. The number of rotatable bonds is 7. The van der Waals surface area contributed by atoms with E-state index < -0.39 is 11.1 Å². The fraction of sp³-hybridized carbons (Fsp3) is 0.190. The number of methoxy groups -OCH3 is 1. The highest BCUT2D eigenvalue weighted by Crippen LogP contribution is 2.39. The molecule has 2 aromatic rings. The van der Waals surface area contributed by atoms with Gasteiger partial charge in [0.1, 0.15) is 0 Å². The van der Waals surface area contributed by atoms with Gasteiger partial charge in [-0.25, -0.2) is 0 Å². The van der Waals surface area contributed by atoms with Crippen LogP contribution in [-0.4, -0.2) is 42.1 Å². The maximum atomic E-state index is 12.7. The van der Waals surface area contributed by atoms with E-state index in [0.717, 1.165) is 16.7 Å². The number of amides is 2. The fourth-order valence-electron chi connectivity index (χ4n) is 2.79. The van der Waals surface area contributed by atoms with Gasteiger partial charge in [0, 0.05) is 10.6 Å². The van der Waals surface area contributed by atoms with Gasteiger partial charge in [-0.1, -0.05) is 11.6 Å². The topological polar surface area (TPSA) is 72.9 Å². The Morgan fingerprint density at radius 1 is 1.23 bits per heavy atom. The Balaban J connectivity index is 1.82. The van der Waals surface area contributed by atoms with Gasteiger partial charge in [0.2, 0.25) is 0 Å². The van der Waals surface area contributed by atoms with Gasteiger partial charge in [0.15, 0.2) is 17.3 Å². The molecule has 0 atom stereocenters. The van der Waals surface area contributed by atoms with Crippen LogP contribution in [0.25, 0.3) is 6.08 Å². The summed E-state index contributed by atoms with van der Waals surface area (Å²) in [5.74, 6) is 0.187. The van der Waals surface area contributed by atoms with Crippen molar-refractivity contribution in [2.45, 2.75) is 6.92 Å². The molecule has 0 N–H and O–H groups in total. The molecule has 0 bridgehead atoms. The molecule has 3 rings (SSSR count). The first-order valence-electron chi connectivity index (χ1n) is 8.88. The number of imide groups is 1. The average molecular weight is 511 g/mol. The Bertz CT molecular complexity index is 1040. The number of carbonyl (C=O) groups excluding carboxylic acids is 3. The molecule has 156 valence electrons. The van der Waals surface area contributed by atoms with Gasteiger partial charge in [-0.15, -0.1) is 0 Å². The van der Waals surface area contributed by atoms with E-state index in [2.05, 4.69) is 15.9 Å². The fourth-order valence-corrected chi connectivity index (χ4v) is 4.38. The number of thioether (sulfide) groups is 1. The third kappa shape index (κ3) is 4.88. The summed E-state index contributed by atoms with van der Waals surface area (Å²) in [6.45, 7) is 1.96. The minimum atomic E-state index is -0.516. The van der Waals surface area contributed by atoms with Crippen molar-refractivity contribution < 1.29 is 23.9 Å². The van der Waals surface area contributed by atoms with Gasteiger partial charge in [0.05, 0.1) is 29.6 Å². The second-order valence-electron chi connectivity index (χ2n) is 6.17. The van der Waals surface area contributed by atoms with Gasteiger partial charge >= 0.3 is 0 Å². The van der Waals surface area contributed by atoms with Crippen LogP contribution in [0.15, 0.2) is 45.8 Å². The van der Waals surface area contributed by atoms with Crippen LogP contribution in [0, 0.1) is 0 Å². The van der Waals surface area contributed by atoms with Crippen LogP contribution in [-0.2, 0) is 4.79 Å². The van der Waals surface area contributed by atoms with Crippen LogP contribution >= 0.6 is 39.3 Å². The maximum Gasteiger partial charge on any atom is 0.293 e. The molecule has 0 aromatic heterocycles. The van der Waals surface area contributed by atoms with Crippen LogP contribution < -0.4 is 9.47 Å². The first kappa shape index (κ1) is 22.4. The first-order chi connectivity index (χ1) is 14.3. The zero-order valence-electron chi connectivity index (χ0n) is 16.1. The lowest BCUT2D eigenvalue weighted by molar-refractivity contribution is -0.122. The number of halogens is 2. The molecule has 0 radical (unpaired) electrons. The Morgan fingerprint density at radius 3 is 2.57 bits per heavy atom. The normalized spacial score (nSPS) is 15.1. The summed E-state index contributed by atoms with van der Waals surface area (Å²) in [5.41, 5.74) is 1.03. The molecule has 1 heterocycles. The molecular formula is C21H17BrClNO5S. The standard InChI is InChI=1S/C21H17BrClNO5S/c1-3-29-17-9-12(8-15(22)19(17)28-2)10-18-20(26)24(21(27)30-18)11-16(25)13-4-6-14(23)7-5-13/h4-10H,3,11H2,1-2H3/b18-10+. The summed E-state index contributed by atoms with van der Waals surface area (Å²) >= 11 is 10.0. The number of carbonyl (C=O) groups is 3. The minimum Gasteiger partial charge on any atom is -0.492 e. The summed E-state index contributed by atoms with van der Waals surface area (Å²) in [6.07, 6.45) is 1.59. The molecule has 1 fully saturated rings. The predicted octanol–water partition coefficient (Wildman–Crippen LogP) is 5.43. The summed E-state index contributed by atoms with van der Waals surface area (Å²) < 4.78 is 11.6. The second kappa shape index (κ2) is 9.68. The van der Waals surface area contributed by atoms with Crippen LogP contribution in [0.2, 0.25) is 5.02 Å². The summed E-state index contributed by atoms with van der Waals surface area (Å²) in [5, 5.41) is 0.00361. The Morgan fingerprint density at radius 2 is 1.93 bits per heavy atom. The molecule has 9 heteroatoms. The number of hydrogen-bond acceptors (Lipinski definition) is 6. The van der Waals surface area contributed by atoms with E-state index in [4.69, 9.17) is 21.1 Å². The molecule has 0 spiro atoms. The lowest BCUT2D eigenvalue weighted by Gasteiger charge is -2.12. The van der Waals surface area contributed by atoms with Crippen molar-refractivity contribution in [3.05, 3.63) is 61.9 Å². The summed E-state index contributed by atoms with van der Waals surface area (Å²) in [6, 6.07) is 9.77. The Kier molecular flexibility index (Phi) is 7.23. The van der Waals surface area contributed by atoms with Gasteiger partial charge in [-0.2, -0.15) is 0 Å². The van der Waals surface area contributed by atoms with Crippen molar-refractivity contribution in [1.82, 2.24) is 4.90 Å². The molecule has 6 nitrogen and oxygen atoms in total. The molecule has 0 unspecified atom stereocenters. The molecule has 30 heavy (non-hydrogen) atoms. The smallest absolute Gasteiger partial charge is 0.293 e. The highest BCUT2D eigenvalue weighted by atomic mass is 79.9. The van der Waals surface area contributed by atoms with E-state index in [-0.39, 0.29) is 17.2 Å². The van der Waals surface area contributed by atoms with Crippen molar-refractivity contribution in [3.8, 4) is 11.5 Å². The lowest BCUT2D eigenvalue weighted by atomic mass is 10.1. The van der Waals surface area contributed by atoms with E-state index in [1.54, 1.807) is 42.5 Å². The Hall–Kier alpha value is -2.29. The van der Waals surface area contributed by atoms with E-state index in [0.29, 0.717) is 38.7 Å². The van der Waals surface area contributed by atoms with E-state index in [1.807, 2.05) is 6.92 Å². The van der Waals surface area contributed by atoms with Gasteiger partial charge in [0.25, 0.3) is 11.1 Å². The van der Waals surface area contributed by atoms with Crippen LogP contribution in [0.3, 0.4) is 0 Å². The van der Waals surface area contributed by atoms with Crippen molar-refractivity contribution >= 4 is 62.3 Å². The van der Waals surface area contributed by atoms with Crippen molar-refractivity contribution in [1.29, 1.82) is 0 Å². The lowest BCUT2D eigenvalue weighted by Crippen LogP contribution is -2.33. The van der Waals surface area contributed by atoms with E-state index >= 15 is 0 Å². The molecular weight excluding hydrogens is 494 g/mol. The monoisotopic (exact) mass is 509 g/mol. The average Bonchev–Trinajstić information content (AvgIpc) is 2.96. The number of ketones is 1. The quantitative estimate of drug-likeness (QED) is 0.365. The Labute approximate surface area is 191 Å². The third-order valence-electron chi connectivity index (χ3n) is 4.18. The number of ether oxygens (including phenoxy) is 2. The van der Waals surface area contributed by atoms with Crippen LogP contribution in [0.4, 0.5) is 4.79 Å². The van der Waals surface area contributed by atoms with Crippen molar-refractivity contribution in [2.24, 2.45) is 0 Å². The summed E-state index contributed by atoms with van der Waals surface area (Å²) in [7, 11) is 1.53. The first-order valence-corrected chi connectivity index (χ1v) is 10.9. The molecule has 2 aromatic carbocycles. The predicted molar refractivity (Wildman–Crippen MR) is 120 cm³/mol. The highest BCUT2D eigenvalue weighted by Gasteiger charge is 2.36. The molecule has 0 aliphatic carbocycles. The molecule has 0 saturated carbocycles. The van der Waals surface area contributed by atoms with Gasteiger partial charge in [-0.3, -0.25) is 19.3 Å². The van der Waals surface area contributed by atoms with Crippen LogP contribution in [0.1, 0.15) is 22.8 Å². The molecule has 1 aliphatic rings. The number of benzene rings is 2. The van der Waals surface area contributed by atoms with Crippen molar-refractivity contribution in [3.63, 3.8) is 0 Å². The second-order valence-corrected chi connectivity index (χ2v) is 8.45. The highest BCUT2D eigenvalue weighted by molar-refractivity contribution is 9.10. The number of Topliss-reactive ketones (excluding diaryl/α,β-unsaturated/α-hetero) is 1. The van der Waals surface area contributed by atoms with Gasteiger partial charge in [-0.05, 0) is 82.7 Å². The SMILES string of the molecule is CCOc1cc(/C=C2/SC(=O)N(CC(=O)c3ccc(Cl)cc3)C2=O)cc(Br)c1OC. The molecule has 1 saturated heterocycles. The zero-order chi connectivity index (χ0) is 21.8. The van der Waals surface area contributed by atoms with Crippen LogP contribution in [0.5, 0.6) is 11.5 Å². The maximum absolute atomic E-state index is 12.7. The number of nitrogens with zero attached hydrogens (tertiary/aromatic N) is 1. The number of hydrogen-bond donors (Lipinski definition) is 0. The molecule has 1 aliphatic heterocycles. The van der Waals surface area contributed by atoms with E-state index in [1.165, 1.54) is 7.11 Å². The zero-order valence-corrected chi connectivity index (χ0v) is 19.3.